The summed E-state index contributed by atoms with van der Waals surface area (Å²) >= 11 is 0. The summed E-state index contributed by atoms with van der Waals surface area (Å²) in [5.74, 6) is 0.965. The highest BCUT2D eigenvalue weighted by atomic mass is 14.9. The predicted octanol–water partition coefficient (Wildman–Crippen LogP) is 2.16. The van der Waals surface area contributed by atoms with Gasteiger partial charge in [0, 0.05) is 0 Å². The Morgan fingerprint density at radius 2 is 1.71 bits per heavy atom. The highest BCUT2D eigenvalue weighted by Gasteiger charge is 2.10. The molecular formula is C12H26N2. The van der Waals surface area contributed by atoms with Crippen LogP contribution in [-0.4, -0.2) is 26.7 Å². The van der Waals surface area contributed by atoms with Crippen LogP contribution in [0.15, 0.2) is 0 Å². The molecule has 1 rings (SSSR count). The zero-order valence-corrected chi connectivity index (χ0v) is 9.65. The molecule has 0 bridgehead atoms. The molecule has 1 fully saturated rings. The summed E-state index contributed by atoms with van der Waals surface area (Å²) < 4.78 is 0. The van der Waals surface area contributed by atoms with E-state index in [1.54, 1.807) is 0 Å². The maximum Gasteiger partial charge on any atom is -0.00205 e. The molecule has 1 aliphatic carbocycles. The van der Waals surface area contributed by atoms with Gasteiger partial charge in [0.15, 0.2) is 0 Å². The van der Waals surface area contributed by atoms with Crippen molar-refractivity contribution < 1.29 is 0 Å². The van der Waals surface area contributed by atoms with Gasteiger partial charge < -0.3 is 10.6 Å². The van der Waals surface area contributed by atoms with E-state index >= 15 is 0 Å². The number of rotatable bonds is 6. The Bertz CT molecular complexity index is 117. The fourth-order valence-corrected chi connectivity index (χ4v) is 2.26. The molecule has 84 valence electrons. The maximum absolute atomic E-state index is 3.58. The summed E-state index contributed by atoms with van der Waals surface area (Å²) in [7, 11) is 2.02. The first-order valence-electron chi connectivity index (χ1n) is 6.29. The number of hydrogen-bond acceptors (Lipinski definition) is 2. The van der Waals surface area contributed by atoms with Crippen molar-refractivity contribution in [3.05, 3.63) is 0 Å². The predicted molar refractivity (Wildman–Crippen MR) is 62.6 cm³/mol. The molecule has 0 atom stereocenters. The summed E-state index contributed by atoms with van der Waals surface area (Å²) in [6, 6.07) is 0. The second kappa shape index (κ2) is 8.25. The smallest absolute Gasteiger partial charge is 0.00205 e. The van der Waals surface area contributed by atoms with Crippen molar-refractivity contribution in [2.75, 3.05) is 26.7 Å². The standard InChI is InChI=1S/C12H26N2/c1-13-9-6-10-14-11-12-7-4-2-3-5-8-12/h12-14H,2-11H2,1H3. The molecule has 1 saturated carbocycles. The molecule has 0 aliphatic heterocycles. The first-order valence-corrected chi connectivity index (χ1v) is 6.29. The lowest BCUT2D eigenvalue weighted by Crippen LogP contribution is -2.25. The molecule has 0 unspecified atom stereocenters. The second-order valence-corrected chi connectivity index (χ2v) is 4.52. The minimum atomic E-state index is 0.965. The highest BCUT2D eigenvalue weighted by molar-refractivity contribution is 4.66. The summed E-state index contributed by atoms with van der Waals surface area (Å²) in [6.45, 7) is 3.57. The van der Waals surface area contributed by atoms with E-state index < -0.39 is 0 Å². The van der Waals surface area contributed by atoms with Crippen LogP contribution in [0.4, 0.5) is 0 Å². The van der Waals surface area contributed by atoms with E-state index in [4.69, 9.17) is 0 Å². The zero-order chi connectivity index (χ0) is 10.1. The van der Waals surface area contributed by atoms with E-state index in [9.17, 15) is 0 Å². The Hall–Kier alpha value is -0.0800. The molecule has 0 spiro atoms. The molecule has 0 aromatic rings. The van der Waals surface area contributed by atoms with E-state index in [1.807, 2.05) is 7.05 Å². The van der Waals surface area contributed by atoms with Gasteiger partial charge in [-0.25, -0.2) is 0 Å². The van der Waals surface area contributed by atoms with Crippen molar-refractivity contribution in [2.24, 2.45) is 5.92 Å². The van der Waals surface area contributed by atoms with Crippen molar-refractivity contribution >= 4 is 0 Å². The molecule has 14 heavy (non-hydrogen) atoms. The van der Waals surface area contributed by atoms with Gasteiger partial charge in [0.2, 0.25) is 0 Å². The fourth-order valence-electron chi connectivity index (χ4n) is 2.26. The Balaban J connectivity index is 1.93. The summed E-state index contributed by atoms with van der Waals surface area (Å²) in [5, 5.41) is 6.75. The van der Waals surface area contributed by atoms with Gasteiger partial charge in [-0.3, -0.25) is 0 Å². The average molecular weight is 198 g/mol. The van der Waals surface area contributed by atoms with E-state index in [0.29, 0.717) is 0 Å². The molecule has 1 aliphatic rings. The molecule has 0 saturated heterocycles. The monoisotopic (exact) mass is 198 g/mol. The summed E-state index contributed by atoms with van der Waals surface area (Å²) in [5.41, 5.74) is 0. The second-order valence-electron chi connectivity index (χ2n) is 4.52. The van der Waals surface area contributed by atoms with Gasteiger partial charge in [-0.05, 0) is 51.9 Å². The Morgan fingerprint density at radius 1 is 1.00 bits per heavy atom. The van der Waals surface area contributed by atoms with Gasteiger partial charge in [-0.15, -0.1) is 0 Å². The van der Waals surface area contributed by atoms with Gasteiger partial charge in [-0.1, -0.05) is 25.7 Å². The molecule has 0 radical (unpaired) electrons. The van der Waals surface area contributed by atoms with Crippen LogP contribution >= 0.6 is 0 Å². The fraction of sp³-hybridized carbons (Fsp3) is 1.00. The van der Waals surface area contributed by atoms with Crippen LogP contribution in [0.25, 0.3) is 0 Å². The quantitative estimate of drug-likeness (QED) is 0.505. The van der Waals surface area contributed by atoms with E-state index in [2.05, 4.69) is 10.6 Å². The van der Waals surface area contributed by atoms with Gasteiger partial charge in [0.25, 0.3) is 0 Å². The molecule has 0 heterocycles. The third-order valence-electron chi connectivity index (χ3n) is 3.19. The normalized spacial score (nSPS) is 19.5. The van der Waals surface area contributed by atoms with Gasteiger partial charge >= 0.3 is 0 Å². The maximum atomic E-state index is 3.58. The summed E-state index contributed by atoms with van der Waals surface area (Å²) in [4.78, 5) is 0. The van der Waals surface area contributed by atoms with Crippen LogP contribution in [0, 0.1) is 5.92 Å². The molecule has 2 heteroatoms. The van der Waals surface area contributed by atoms with Crippen molar-refractivity contribution in [3.63, 3.8) is 0 Å². The van der Waals surface area contributed by atoms with Crippen molar-refractivity contribution in [2.45, 2.75) is 44.9 Å². The largest absolute Gasteiger partial charge is 0.320 e. The lowest BCUT2D eigenvalue weighted by atomic mass is 10.0. The lowest BCUT2D eigenvalue weighted by molar-refractivity contribution is 0.423. The van der Waals surface area contributed by atoms with E-state index in [1.165, 1.54) is 58.0 Å². The van der Waals surface area contributed by atoms with Crippen LogP contribution in [0.3, 0.4) is 0 Å². The van der Waals surface area contributed by atoms with Gasteiger partial charge in [-0.2, -0.15) is 0 Å². The zero-order valence-electron chi connectivity index (χ0n) is 9.65. The minimum absolute atomic E-state index is 0.965. The average Bonchev–Trinajstić information content (AvgIpc) is 2.46. The minimum Gasteiger partial charge on any atom is -0.320 e. The van der Waals surface area contributed by atoms with Crippen molar-refractivity contribution in [1.29, 1.82) is 0 Å². The Labute approximate surface area is 88.8 Å². The van der Waals surface area contributed by atoms with Crippen LogP contribution < -0.4 is 10.6 Å². The van der Waals surface area contributed by atoms with Crippen molar-refractivity contribution in [1.82, 2.24) is 10.6 Å². The molecule has 2 N–H and O–H groups in total. The number of nitrogens with one attached hydrogen (secondary N) is 2. The molecule has 0 amide bonds. The lowest BCUT2D eigenvalue weighted by Gasteiger charge is -2.14. The van der Waals surface area contributed by atoms with Crippen LogP contribution in [0.2, 0.25) is 0 Å². The molecule has 2 nitrogen and oxygen atoms in total. The summed E-state index contributed by atoms with van der Waals surface area (Å²) in [6.07, 6.45) is 10.0. The molecule has 0 aromatic heterocycles. The molecular weight excluding hydrogens is 172 g/mol. The first-order chi connectivity index (χ1) is 6.93. The first kappa shape index (κ1) is 12.0. The Kier molecular flexibility index (Phi) is 7.06. The van der Waals surface area contributed by atoms with E-state index in [-0.39, 0.29) is 0 Å². The Morgan fingerprint density at radius 3 is 2.36 bits per heavy atom. The molecule has 0 aromatic carbocycles. The van der Waals surface area contributed by atoms with Crippen molar-refractivity contribution in [3.8, 4) is 0 Å². The number of hydrogen-bond donors (Lipinski definition) is 2. The third-order valence-corrected chi connectivity index (χ3v) is 3.19. The SMILES string of the molecule is CNCCCNCC1CCCCCC1. The topological polar surface area (TPSA) is 24.1 Å². The highest BCUT2D eigenvalue weighted by Crippen LogP contribution is 2.21. The van der Waals surface area contributed by atoms with Crippen LogP contribution in [0.5, 0.6) is 0 Å². The van der Waals surface area contributed by atoms with Gasteiger partial charge in [0.05, 0.1) is 0 Å². The van der Waals surface area contributed by atoms with Crippen LogP contribution in [-0.2, 0) is 0 Å². The van der Waals surface area contributed by atoms with Crippen LogP contribution in [0.1, 0.15) is 44.9 Å². The van der Waals surface area contributed by atoms with Gasteiger partial charge in [0.1, 0.15) is 0 Å². The third kappa shape index (κ3) is 5.61. The van der Waals surface area contributed by atoms with E-state index in [0.717, 1.165) is 12.5 Å².